The number of anilines is 3. The molecule has 0 aliphatic carbocycles. The van der Waals surface area contributed by atoms with E-state index in [4.69, 9.17) is 5.73 Å². The Morgan fingerprint density at radius 2 is 1.71 bits per heavy atom. The molecule has 5 heteroatoms. The van der Waals surface area contributed by atoms with Crippen molar-refractivity contribution < 1.29 is 8.78 Å². The summed E-state index contributed by atoms with van der Waals surface area (Å²) in [6.45, 7) is 0. The fraction of sp³-hybridized carbons (Fsp3) is 0. The lowest BCUT2D eigenvalue weighted by atomic mass is 10.2. The third-order valence-corrected chi connectivity index (χ3v) is 2.73. The predicted molar refractivity (Wildman–Crippen MR) is 68.2 cm³/mol. The van der Waals surface area contributed by atoms with Crippen LogP contribution >= 0.6 is 15.9 Å². The zero-order valence-corrected chi connectivity index (χ0v) is 10.3. The monoisotopic (exact) mass is 298 g/mol. The first-order valence-corrected chi connectivity index (χ1v) is 5.63. The van der Waals surface area contributed by atoms with Crippen LogP contribution in [0.15, 0.2) is 40.9 Å². The van der Waals surface area contributed by atoms with Gasteiger partial charge < -0.3 is 11.1 Å². The van der Waals surface area contributed by atoms with Gasteiger partial charge in [-0.05, 0) is 30.3 Å². The molecule has 0 aliphatic heterocycles. The number of hydrogen-bond acceptors (Lipinski definition) is 2. The lowest BCUT2D eigenvalue weighted by molar-refractivity contribution is 0.591. The molecule has 0 atom stereocenters. The molecule has 0 saturated heterocycles. The SMILES string of the molecule is Nc1ccc(Br)cc1Nc1c(F)cccc1F. The third-order valence-electron chi connectivity index (χ3n) is 2.24. The molecule has 2 nitrogen and oxygen atoms in total. The highest BCUT2D eigenvalue weighted by molar-refractivity contribution is 9.10. The first-order chi connectivity index (χ1) is 8.08. The van der Waals surface area contributed by atoms with Gasteiger partial charge >= 0.3 is 0 Å². The van der Waals surface area contributed by atoms with Crippen LogP contribution in [0.4, 0.5) is 25.8 Å². The molecular weight excluding hydrogens is 290 g/mol. The minimum absolute atomic E-state index is 0.211. The van der Waals surface area contributed by atoms with Crippen molar-refractivity contribution in [2.75, 3.05) is 11.1 Å². The Hall–Kier alpha value is -1.62. The standard InChI is InChI=1S/C12H9BrF2N2/c13-7-4-5-10(16)11(6-7)17-12-8(14)2-1-3-9(12)15/h1-6,17H,16H2. The van der Waals surface area contributed by atoms with Crippen LogP contribution in [0.2, 0.25) is 0 Å². The molecule has 0 amide bonds. The Kier molecular flexibility index (Phi) is 3.28. The van der Waals surface area contributed by atoms with Gasteiger partial charge in [0.1, 0.15) is 17.3 Å². The van der Waals surface area contributed by atoms with E-state index in [-0.39, 0.29) is 5.69 Å². The third kappa shape index (κ3) is 2.55. The van der Waals surface area contributed by atoms with Crippen molar-refractivity contribution in [3.8, 4) is 0 Å². The molecule has 0 heterocycles. The lowest BCUT2D eigenvalue weighted by Gasteiger charge is -2.11. The molecule has 2 aromatic rings. The molecular formula is C12H9BrF2N2. The van der Waals surface area contributed by atoms with Crippen molar-refractivity contribution >= 4 is 33.0 Å². The minimum Gasteiger partial charge on any atom is -0.397 e. The molecule has 0 saturated carbocycles. The molecule has 2 rings (SSSR count). The van der Waals surface area contributed by atoms with E-state index in [0.29, 0.717) is 11.4 Å². The molecule has 17 heavy (non-hydrogen) atoms. The Morgan fingerprint density at radius 1 is 1.06 bits per heavy atom. The van der Waals surface area contributed by atoms with E-state index in [0.717, 1.165) is 4.47 Å². The molecule has 0 aliphatic rings. The number of para-hydroxylation sites is 1. The highest BCUT2D eigenvalue weighted by atomic mass is 79.9. The average Bonchev–Trinajstić information content (AvgIpc) is 2.28. The van der Waals surface area contributed by atoms with Gasteiger partial charge in [0, 0.05) is 4.47 Å². The summed E-state index contributed by atoms with van der Waals surface area (Å²) in [5, 5.41) is 2.64. The topological polar surface area (TPSA) is 38.0 Å². The van der Waals surface area contributed by atoms with Crippen LogP contribution in [0.3, 0.4) is 0 Å². The zero-order valence-electron chi connectivity index (χ0n) is 8.68. The summed E-state index contributed by atoms with van der Waals surface area (Å²) in [4.78, 5) is 0. The predicted octanol–water partition coefficient (Wildman–Crippen LogP) is 4.05. The number of nitrogens with two attached hydrogens (primary N) is 1. The van der Waals surface area contributed by atoms with E-state index >= 15 is 0 Å². The first kappa shape index (κ1) is 11.9. The molecule has 0 radical (unpaired) electrons. The van der Waals surface area contributed by atoms with E-state index in [1.165, 1.54) is 18.2 Å². The normalized spacial score (nSPS) is 10.3. The maximum atomic E-state index is 13.4. The van der Waals surface area contributed by atoms with Crippen molar-refractivity contribution in [2.45, 2.75) is 0 Å². The summed E-state index contributed by atoms with van der Waals surface area (Å²) < 4.78 is 27.6. The number of rotatable bonds is 2. The first-order valence-electron chi connectivity index (χ1n) is 4.84. The Bertz CT molecular complexity index is 538. The second-order valence-corrected chi connectivity index (χ2v) is 4.37. The minimum atomic E-state index is -0.663. The molecule has 3 N–H and O–H groups in total. The summed E-state index contributed by atoms with van der Waals surface area (Å²) in [6, 6.07) is 8.71. The summed E-state index contributed by atoms with van der Waals surface area (Å²) in [7, 11) is 0. The number of benzene rings is 2. The van der Waals surface area contributed by atoms with Gasteiger partial charge in [-0.25, -0.2) is 8.78 Å². The van der Waals surface area contributed by atoms with Gasteiger partial charge in [-0.3, -0.25) is 0 Å². The van der Waals surface area contributed by atoms with Gasteiger partial charge in [0.25, 0.3) is 0 Å². The van der Waals surface area contributed by atoms with Gasteiger partial charge in [-0.1, -0.05) is 22.0 Å². The molecule has 0 spiro atoms. The summed E-state index contributed by atoms with van der Waals surface area (Å²) in [6.07, 6.45) is 0. The van der Waals surface area contributed by atoms with E-state index in [1.54, 1.807) is 18.2 Å². The van der Waals surface area contributed by atoms with Crippen molar-refractivity contribution in [1.29, 1.82) is 0 Å². The number of nitrogens with one attached hydrogen (secondary N) is 1. The molecule has 2 aromatic carbocycles. The van der Waals surface area contributed by atoms with Gasteiger partial charge in [0.15, 0.2) is 0 Å². The maximum absolute atomic E-state index is 13.4. The zero-order chi connectivity index (χ0) is 12.4. The van der Waals surface area contributed by atoms with Crippen LogP contribution in [-0.4, -0.2) is 0 Å². The highest BCUT2D eigenvalue weighted by Gasteiger charge is 2.09. The number of hydrogen-bond donors (Lipinski definition) is 2. The molecule has 0 aromatic heterocycles. The summed E-state index contributed by atoms with van der Waals surface area (Å²) >= 11 is 3.26. The molecule has 0 bridgehead atoms. The van der Waals surface area contributed by atoms with E-state index in [1.807, 2.05) is 0 Å². The van der Waals surface area contributed by atoms with Crippen LogP contribution in [-0.2, 0) is 0 Å². The van der Waals surface area contributed by atoms with E-state index < -0.39 is 11.6 Å². The maximum Gasteiger partial charge on any atom is 0.149 e. The van der Waals surface area contributed by atoms with Crippen LogP contribution in [0, 0.1) is 11.6 Å². The smallest absolute Gasteiger partial charge is 0.149 e. The number of nitrogen functional groups attached to an aromatic ring is 1. The Morgan fingerprint density at radius 3 is 2.35 bits per heavy atom. The second kappa shape index (κ2) is 4.71. The Balaban J connectivity index is 2.41. The van der Waals surface area contributed by atoms with Crippen LogP contribution in [0.5, 0.6) is 0 Å². The molecule has 88 valence electrons. The van der Waals surface area contributed by atoms with Gasteiger partial charge in [-0.15, -0.1) is 0 Å². The average molecular weight is 299 g/mol. The lowest BCUT2D eigenvalue weighted by Crippen LogP contribution is -2.00. The number of halogens is 3. The quantitative estimate of drug-likeness (QED) is 0.821. The van der Waals surface area contributed by atoms with E-state index in [9.17, 15) is 8.78 Å². The van der Waals surface area contributed by atoms with E-state index in [2.05, 4.69) is 21.2 Å². The van der Waals surface area contributed by atoms with Gasteiger partial charge in [0.2, 0.25) is 0 Å². The van der Waals surface area contributed by atoms with Crippen LogP contribution in [0.1, 0.15) is 0 Å². The van der Waals surface area contributed by atoms with Crippen LogP contribution < -0.4 is 11.1 Å². The second-order valence-electron chi connectivity index (χ2n) is 3.45. The fourth-order valence-electron chi connectivity index (χ4n) is 1.39. The largest absolute Gasteiger partial charge is 0.397 e. The Labute approximate surface area is 106 Å². The van der Waals surface area contributed by atoms with Crippen molar-refractivity contribution in [2.24, 2.45) is 0 Å². The van der Waals surface area contributed by atoms with Crippen molar-refractivity contribution in [3.63, 3.8) is 0 Å². The summed E-state index contributed by atoms with van der Waals surface area (Å²) in [5.41, 5.74) is 6.36. The van der Waals surface area contributed by atoms with Gasteiger partial charge in [0.05, 0.1) is 11.4 Å². The van der Waals surface area contributed by atoms with Gasteiger partial charge in [-0.2, -0.15) is 0 Å². The highest BCUT2D eigenvalue weighted by Crippen LogP contribution is 2.29. The summed E-state index contributed by atoms with van der Waals surface area (Å²) in [5.74, 6) is -1.33. The van der Waals surface area contributed by atoms with Crippen molar-refractivity contribution in [3.05, 3.63) is 52.5 Å². The van der Waals surface area contributed by atoms with Crippen molar-refractivity contribution in [1.82, 2.24) is 0 Å². The van der Waals surface area contributed by atoms with Crippen LogP contribution in [0.25, 0.3) is 0 Å². The fourth-order valence-corrected chi connectivity index (χ4v) is 1.75. The molecule has 0 fully saturated rings. The molecule has 0 unspecified atom stereocenters.